The highest BCUT2D eigenvalue weighted by atomic mass is 35.5. The number of aromatic nitrogens is 2. The quantitative estimate of drug-likeness (QED) is 0.773. The van der Waals surface area contributed by atoms with Crippen LogP contribution in [0, 0.1) is 5.41 Å². The Bertz CT molecular complexity index is 581. The van der Waals surface area contributed by atoms with Crippen LogP contribution in [0.1, 0.15) is 31.1 Å². The highest BCUT2D eigenvalue weighted by Gasteiger charge is 2.24. The van der Waals surface area contributed by atoms with Gasteiger partial charge in [0, 0.05) is 16.6 Å². The zero-order valence-electron chi connectivity index (χ0n) is 10.6. The van der Waals surface area contributed by atoms with Gasteiger partial charge < -0.3 is 0 Å². The Kier molecular flexibility index (Phi) is 3.26. The van der Waals surface area contributed by atoms with Crippen LogP contribution in [0.2, 0.25) is 5.02 Å². The van der Waals surface area contributed by atoms with Crippen LogP contribution >= 0.6 is 11.6 Å². The lowest BCUT2D eigenvalue weighted by Crippen LogP contribution is -2.19. The van der Waals surface area contributed by atoms with Gasteiger partial charge in [0.25, 0.3) is 0 Å². The largest absolute Gasteiger partial charge is 0.293 e. The lowest BCUT2D eigenvalue weighted by Gasteiger charge is -2.14. The van der Waals surface area contributed by atoms with E-state index in [1.54, 1.807) is 29.2 Å². The molecule has 0 saturated heterocycles. The molecule has 1 heterocycles. The van der Waals surface area contributed by atoms with Crippen molar-refractivity contribution in [1.29, 1.82) is 0 Å². The Hall–Kier alpha value is -1.61. The van der Waals surface area contributed by atoms with Crippen LogP contribution in [0.25, 0.3) is 5.69 Å². The molecule has 0 fully saturated rings. The predicted octanol–water partition coefficient (Wildman–Crippen LogP) is 3.75. The average molecular weight is 263 g/mol. The maximum atomic E-state index is 12.1. The molecule has 2 rings (SSSR count). The van der Waals surface area contributed by atoms with Crippen molar-refractivity contribution in [2.24, 2.45) is 5.41 Å². The third-order valence-corrected chi connectivity index (χ3v) is 2.83. The number of hydrogen-bond donors (Lipinski definition) is 0. The van der Waals surface area contributed by atoms with Crippen molar-refractivity contribution in [2.45, 2.75) is 20.8 Å². The fourth-order valence-electron chi connectivity index (χ4n) is 1.63. The van der Waals surface area contributed by atoms with E-state index in [2.05, 4.69) is 5.10 Å². The van der Waals surface area contributed by atoms with Gasteiger partial charge in [-0.3, -0.25) is 4.79 Å². The Labute approximate surface area is 111 Å². The third kappa shape index (κ3) is 2.62. The molecule has 0 bridgehead atoms. The summed E-state index contributed by atoms with van der Waals surface area (Å²) in [6.45, 7) is 5.68. The van der Waals surface area contributed by atoms with Gasteiger partial charge in [0.05, 0.1) is 17.4 Å². The normalized spacial score (nSPS) is 11.6. The monoisotopic (exact) mass is 262 g/mol. The number of nitrogens with zero attached hydrogens (tertiary/aromatic N) is 2. The van der Waals surface area contributed by atoms with Gasteiger partial charge >= 0.3 is 0 Å². The number of Topliss-reactive ketones (excluding diaryl/α,β-unsaturated/α-hetero) is 1. The Morgan fingerprint density at radius 2 is 2.06 bits per heavy atom. The topological polar surface area (TPSA) is 34.9 Å². The SMILES string of the molecule is CC(C)(C)C(=O)c1cnn(-c2cccc(Cl)c2)c1. The van der Waals surface area contributed by atoms with E-state index in [9.17, 15) is 4.79 Å². The number of ketones is 1. The number of benzene rings is 1. The summed E-state index contributed by atoms with van der Waals surface area (Å²) in [6, 6.07) is 7.35. The minimum Gasteiger partial charge on any atom is -0.293 e. The molecule has 4 heteroatoms. The van der Waals surface area contributed by atoms with Gasteiger partial charge in [-0.15, -0.1) is 0 Å². The summed E-state index contributed by atoms with van der Waals surface area (Å²) < 4.78 is 1.66. The van der Waals surface area contributed by atoms with Gasteiger partial charge in [-0.05, 0) is 18.2 Å². The molecule has 0 unspecified atom stereocenters. The molecule has 0 N–H and O–H groups in total. The van der Waals surface area contributed by atoms with E-state index in [0.717, 1.165) is 5.69 Å². The van der Waals surface area contributed by atoms with Gasteiger partial charge in [-0.25, -0.2) is 4.68 Å². The number of rotatable bonds is 2. The summed E-state index contributed by atoms with van der Waals surface area (Å²) in [6.07, 6.45) is 3.33. The Balaban J connectivity index is 2.34. The molecule has 0 radical (unpaired) electrons. The van der Waals surface area contributed by atoms with E-state index < -0.39 is 5.41 Å². The van der Waals surface area contributed by atoms with E-state index in [1.807, 2.05) is 32.9 Å². The molecule has 0 amide bonds. The summed E-state index contributed by atoms with van der Waals surface area (Å²) in [4.78, 5) is 12.1. The molecule has 2 aromatic rings. The third-order valence-electron chi connectivity index (χ3n) is 2.60. The first-order chi connectivity index (χ1) is 8.38. The molecule has 0 atom stereocenters. The van der Waals surface area contributed by atoms with Crippen molar-refractivity contribution < 1.29 is 4.79 Å². The van der Waals surface area contributed by atoms with Crippen LogP contribution in [-0.4, -0.2) is 15.6 Å². The predicted molar refractivity (Wildman–Crippen MR) is 72.4 cm³/mol. The summed E-state index contributed by atoms with van der Waals surface area (Å²) in [5.41, 5.74) is 1.06. The van der Waals surface area contributed by atoms with Gasteiger partial charge in [0.15, 0.2) is 5.78 Å². The van der Waals surface area contributed by atoms with Crippen LogP contribution in [-0.2, 0) is 0 Å². The van der Waals surface area contributed by atoms with Gasteiger partial charge in [0.1, 0.15) is 0 Å². The summed E-state index contributed by atoms with van der Waals surface area (Å²) in [5.74, 6) is 0.0794. The fourth-order valence-corrected chi connectivity index (χ4v) is 1.82. The molecule has 0 spiro atoms. The second kappa shape index (κ2) is 4.58. The van der Waals surface area contributed by atoms with Crippen LogP contribution < -0.4 is 0 Å². The van der Waals surface area contributed by atoms with Crippen molar-refractivity contribution in [1.82, 2.24) is 9.78 Å². The van der Waals surface area contributed by atoms with Crippen LogP contribution in [0.5, 0.6) is 0 Å². The van der Waals surface area contributed by atoms with Crippen molar-refractivity contribution >= 4 is 17.4 Å². The van der Waals surface area contributed by atoms with Gasteiger partial charge in [-0.2, -0.15) is 5.10 Å². The molecule has 0 aliphatic heterocycles. The van der Waals surface area contributed by atoms with E-state index in [0.29, 0.717) is 10.6 Å². The molecular formula is C14H15ClN2O. The average Bonchev–Trinajstić information content (AvgIpc) is 2.75. The molecular weight excluding hydrogens is 248 g/mol. The summed E-state index contributed by atoms with van der Waals surface area (Å²) in [5, 5.41) is 4.84. The zero-order valence-corrected chi connectivity index (χ0v) is 11.4. The minimum absolute atomic E-state index is 0.0794. The molecule has 1 aromatic carbocycles. The minimum atomic E-state index is -0.401. The van der Waals surface area contributed by atoms with Crippen molar-refractivity contribution in [3.8, 4) is 5.69 Å². The zero-order chi connectivity index (χ0) is 13.3. The lowest BCUT2D eigenvalue weighted by molar-refractivity contribution is 0.0858. The molecule has 94 valence electrons. The highest BCUT2D eigenvalue weighted by Crippen LogP contribution is 2.21. The molecule has 1 aromatic heterocycles. The second-order valence-corrected chi connectivity index (χ2v) is 5.67. The standard InChI is InChI=1S/C14H15ClN2O/c1-14(2,3)13(18)10-8-16-17(9-10)12-6-4-5-11(15)7-12/h4-9H,1-3H3. The van der Waals surface area contributed by atoms with Gasteiger partial charge in [0.2, 0.25) is 0 Å². The summed E-state index contributed by atoms with van der Waals surface area (Å²) in [7, 11) is 0. The first-order valence-corrected chi connectivity index (χ1v) is 6.11. The van der Waals surface area contributed by atoms with Crippen molar-refractivity contribution in [2.75, 3.05) is 0 Å². The number of carbonyl (C=O) groups is 1. The molecule has 3 nitrogen and oxygen atoms in total. The maximum absolute atomic E-state index is 12.1. The Morgan fingerprint density at radius 3 is 2.67 bits per heavy atom. The molecule has 0 aliphatic carbocycles. The van der Waals surface area contributed by atoms with E-state index in [-0.39, 0.29) is 5.78 Å². The van der Waals surface area contributed by atoms with Crippen LogP contribution in [0.3, 0.4) is 0 Å². The maximum Gasteiger partial charge on any atom is 0.171 e. The number of carbonyl (C=O) groups excluding carboxylic acids is 1. The second-order valence-electron chi connectivity index (χ2n) is 5.23. The van der Waals surface area contributed by atoms with Crippen molar-refractivity contribution in [3.05, 3.63) is 47.2 Å². The Morgan fingerprint density at radius 1 is 1.33 bits per heavy atom. The highest BCUT2D eigenvalue weighted by molar-refractivity contribution is 6.30. The van der Waals surface area contributed by atoms with E-state index in [1.165, 1.54) is 0 Å². The first-order valence-electron chi connectivity index (χ1n) is 5.73. The smallest absolute Gasteiger partial charge is 0.171 e. The van der Waals surface area contributed by atoms with E-state index in [4.69, 9.17) is 11.6 Å². The van der Waals surface area contributed by atoms with Crippen LogP contribution in [0.4, 0.5) is 0 Å². The van der Waals surface area contributed by atoms with E-state index >= 15 is 0 Å². The summed E-state index contributed by atoms with van der Waals surface area (Å²) >= 11 is 5.93. The van der Waals surface area contributed by atoms with Crippen LogP contribution in [0.15, 0.2) is 36.7 Å². The number of hydrogen-bond acceptors (Lipinski definition) is 2. The lowest BCUT2D eigenvalue weighted by atomic mass is 9.88. The molecule has 0 aliphatic rings. The van der Waals surface area contributed by atoms with Crippen molar-refractivity contribution in [3.63, 3.8) is 0 Å². The molecule has 0 saturated carbocycles. The fraction of sp³-hybridized carbons (Fsp3) is 0.286. The first kappa shape index (κ1) is 12.8. The number of halogens is 1. The molecule has 18 heavy (non-hydrogen) atoms. The van der Waals surface area contributed by atoms with Gasteiger partial charge in [-0.1, -0.05) is 38.4 Å².